The van der Waals surface area contributed by atoms with Gasteiger partial charge in [0.25, 0.3) is 0 Å². The van der Waals surface area contributed by atoms with Crippen LogP contribution in [0.15, 0.2) is 0 Å². The Labute approximate surface area is 113 Å². The van der Waals surface area contributed by atoms with Crippen molar-refractivity contribution in [2.24, 2.45) is 11.8 Å². The van der Waals surface area contributed by atoms with Crippen molar-refractivity contribution in [1.82, 2.24) is 5.32 Å². The van der Waals surface area contributed by atoms with Crippen molar-refractivity contribution in [3.63, 3.8) is 0 Å². The Bertz CT molecular complexity index is 383. The molecule has 0 saturated heterocycles. The minimum atomic E-state index is -1.10. The van der Waals surface area contributed by atoms with E-state index in [0.29, 0.717) is 10.2 Å². The average molecular weight is 289 g/mol. The number of carbonyl (C=O) groups excluding carboxylic acids is 2. The van der Waals surface area contributed by atoms with Gasteiger partial charge in [-0.25, -0.2) is 0 Å². The quantitative estimate of drug-likeness (QED) is 0.472. The predicted octanol–water partition coefficient (Wildman–Crippen LogP) is -1.42. The van der Waals surface area contributed by atoms with Crippen LogP contribution in [-0.4, -0.2) is 49.7 Å². The fraction of sp³-hybridized carbons (Fsp3) is 0.636. The molecule has 0 aromatic rings. The first kappa shape index (κ1) is 17.3. The highest BCUT2D eigenvalue weighted by Crippen LogP contribution is 2.10. The maximum Gasteiger partial charge on any atom is 0.304 e. The largest absolute Gasteiger partial charge is 0.481 e. The van der Waals surface area contributed by atoms with Crippen molar-refractivity contribution < 1.29 is 29.4 Å². The molecule has 0 aromatic carbocycles. The topological polar surface area (TPSA) is 121 Å². The zero-order chi connectivity index (χ0) is 15.2. The molecule has 0 saturated carbocycles. The van der Waals surface area contributed by atoms with Gasteiger partial charge in [-0.1, -0.05) is 6.92 Å². The summed E-state index contributed by atoms with van der Waals surface area (Å²) in [5.41, 5.74) is -0.516. The Morgan fingerprint density at radius 2 is 1.58 bits per heavy atom. The number of Topliss-reactive ketones (excluding diaryl/α,β-unsaturated/α-hetero) is 1. The highest BCUT2D eigenvalue weighted by molar-refractivity contribution is 6.15. The van der Waals surface area contributed by atoms with Gasteiger partial charge in [-0.05, 0) is 6.92 Å². The smallest absolute Gasteiger partial charge is 0.304 e. The molecule has 3 N–H and O–H groups in total. The summed E-state index contributed by atoms with van der Waals surface area (Å²) in [6, 6.07) is 0. The van der Waals surface area contributed by atoms with E-state index in [0.717, 1.165) is 0 Å². The van der Waals surface area contributed by atoms with Crippen LogP contribution in [0.1, 0.15) is 26.7 Å². The first-order valence-electron chi connectivity index (χ1n) is 5.89. The van der Waals surface area contributed by atoms with Crippen molar-refractivity contribution >= 4 is 33.9 Å². The maximum atomic E-state index is 11.7. The van der Waals surface area contributed by atoms with Crippen LogP contribution in [0.25, 0.3) is 0 Å². The number of ketones is 1. The highest BCUT2D eigenvalue weighted by Gasteiger charge is 2.27. The molecule has 7 nitrogen and oxygen atoms in total. The lowest BCUT2D eigenvalue weighted by atomic mass is 10.00. The van der Waals surface area contributed by atoms with Gasteiger partial charge in [-0.2, -0.15) is 0 Å². The van der Waals surface area contributed by atoms with Crippen LogP contribution >= 0.6 is 0 Å². The molecule has 0 aliphatic heterocycles. The first-order valence-corrected chi connectivity index (χ1v) is 7.05. The lowest BCUT2D eigenvalue weighted by Gasteiger charge is -2.23. The fourth-order valence-corrected chi connectivity index (χ4v) is 2.67. The third-order valence-electron chi connectivity index (χ3n) is 2.82. The van der Waals surface area contributed by atoms with Crippen LogP contribution in [0, 0.1) is 11.8 Å². The van der Waals surface area contributed by atoms with Gasteiger partial charge in [0.05, 0.1) is 12.8 Å². The van der Waals surface area contributed by atoms with Gasteiger partial charge in [0.15, 0.2) is 0 Å². The molecule has 0 radical (unpaired) electrons. The number of rotatable bonds is 8. The molecular formula is C11H19NO6Si. The SMILES string of the molecule is CC(=O)[C@H](CC(=O)O)C([SiH3])NC(=O)[C@@H](C)CC(=O)O. The number of carboxylic acid groups (broad SMARTS) is 2. The molecule has 0 fully saturated rings. The summed E-state index contributed by atoms with van der Waals surface area (Å²) in [6.45, 7) is 2.75. The molecule has 0 rings (SSSR count). The van der Waals surface area contributed by atoms with Crippen LogP contribution in [0.3, 0.4) is 0 Å². The second kappa shape index (κ2) is 7.67. The van der Waals surface area contributed by atoms with Crippen molar-refractivity contribution in [3.8, 4) is 0 Å². The summed E-state index contributed by atoms with van der Waals surface area (Å²) in [6.07, 6.45) is -0.638. The van der Waals surface area contributed by atoms with Gasteiger partial charge in [0.1, 0.15) is 5.78 Å². The summed E-state index contributed by atoms with van der Waals surface area (Å²) in [5, 5.41) is 19.8. The fourth-order valence-electron chi connectivity index (χ4n) is 1.68. The Morgan fingerprint density at radius 1 is 1.11 bits per heavy atom. The molecule has 1 amide bonds. The molecule has 0 aromatic heterocycles. The van der Waals surface area contributed by atoms with E-state index in [1.165, 1.54) is 13.8 Å². The van der Waals surface area contributed by atoms with E-state index < -0.39 is 35.3 Å². The van der Waals surface area contributed by atoms with Crippen LogP contribution in [0.5, 0.6) is 0 Å². The molecule has 0 spiro atoms. The molecule has 0 aliphatic carbocycles. The zero-order valence-corrected chi connectivity index (χ0v) is 13.2. The normalized spacial score (nSPS) is 15.3. The molecule has 0 aliphatic rings. The van der Waals surface area contributed by atoms with E-state index in [-0.39, 0.29) is 18.6 Å². The second-order valence-corrected chi connectivity index (χ2v) is 5.86. The van der Waals surface area contributed by atoms with E-state index in [1.807, 2.05) is 0 Å². The van der Waals surface area contributed by atoms with E-state index in [9.17, 15) is 19.2 Å². The van der Waals surface area contributed by atoms with Crippen molar-refractivity contribution in [1.29, 1.82) is 0 Å². The molecule has 108 valence electrons. The summed E-state index contributed by atoms with van der Waals surface area (Å²) >= 11 is 0. The number of amides is 1. The van der Waals surface area contributed by atoms with Crippen LogP contribution < -0.4 is 5.32 Å². The number of aliphatic carboxylic acids is 2. The molecule has 0 bridgehead atoms. The number of carbonyl (C=O) groups is 4. The maximum absolute atomic E-state index is 11.7. The standard InChI is InChI=1S/C11H19NO6Si/c1-5(3-8(14)15)10(18)12-11(19)7(6(2)13)4-9(16)17/h5,7,11H,3-4H2,1-2,19H3,(H,12,18)(H,14,15)(H,16,17)/t5-,7-,11?/m0/s1. The van der Waals surface area contributed by atoms with Crippen LogP contribution in [-0.2, 0) is 19.2 Å². The zero-order valence-electron chi connectivity index (χ0n) is 11.2. The molecule has 1 unspecified atom stereocenters. The monoisotopic (exact) mass is 289 g/mol. The molecular weight excluding hydrogens is 270 g/mol. The molecule has 0 heterocycles. The summed E-state index contributed by atoms with van der Waals surface area (Å²) in [7, 11) is 0.405. The van der Waals surface area contributed by atoms with Crippen LogP contribution in [0.2, 0.25) is 0 Å². The first-order chi connectivity index (χ1) is 8.65. The minimum Gasteiger partial charge on any atom is -0.481 e. The number of hydrogen-bond donors (Lipinski definition) is 3. The number of hydrogen-bond acceptors (Lipinski definition) is 4. The highest BCUT2D eigenvalue weighted by atomic mass is 28.1. The average Bonchev–Trinajstić information content (AvgIpc) is 2.23. The van der Waals surface area contributed by atoms with E-state index >= 15 is 0 Å². The summed E-state index contributed by atoms with van der Waals surface area (Å²) in [4.78, 5) is 44.2. The number of nitrogens with one attached hydrogen (secondary N) is 1. The Morgan fingerprint density at radius 3 is 1.95 bits per heavy atom. The lowest BCUT2D eigenvalue weighted by molar-refractivity contribution is -0.141. The van der Waals surface area contributed by atoms with E-state index in [1.54, 1.807) is 0 Å². The summed E-state index contributed by atoms with van der Waals surface area (Å²) < 4.78 is 0. The third kappa shape index (κ3) is 6.70. The Kier molecular flexibility index (Phi) is 6.98. The predicted molar refractivity (Wildman–Crippen MR) is 69.7 cm³/mol. The lowest BCUT2D eigenvalue weighted by Crippen LogP contribution is -2.46. The number of carboxylic acids is 2. The van der Waals surface area contributed by atoms with Crippen molar-refractivity contribution in [3.05, 3.63) is 0 Å². The van der Waals surface area contributed by atoms with Gasteiger partial charge in [0.2, 0.25) is 5.91 Å². The molecule has 3 atom stereocenters. The van der Waals surface area contributed by atoms with Gasteiger partial charge < -0.3 is 15.5 Å². The van der Waals surface area contributed by atoms with Gasteiger partial charge in [-0.15, -0.1) is 0 Å². The van der Waals surface area contributed by atoms with Gasteiger partial charge >= 0.3 is 11.9 Å². The van der Waals surface area contributed by atoms with Gasteiger partial charge in [0, 0.05) is 27.7 Å². The van der Waals surface area contributed by atoms with Crippen molar-refractivity contribution in [2.75, 3.05) is 0 Å². The van der Waals surface area contributed by atoms with E-state index in [2.05, 4.69) is 5.32 Å². The van der Waals surface area contributed by atoms with Crippen molar-refractivity contribution in [2.45, 2.75) is 32.4 Å². The Balaban J connectivity index is 4.58. The molecule has 19 heavy (non-hydrogen) atoms. The Hall–Kier alpha value is -1.70. The second-order valence-electron chi connectivity index (χ2n) is 4.61. The summed E-state index contributed by atoms with van der Waals surface area (Å²) in [5.74, 6) is -4.43. The van der Waals surface area contributed by atoms with Gasteiger partial charge in [-0.3, -0.25) is 19.2 Å². The van der Waals surface area contributed by atoms with Crippen LogP contribution in [0.4, 0.5) is 0 Å². The minimum absolute atomic E-state index is 0.298. The molecule has 8 heteroatoms. The third-order valence-corrected chi connectivity index (χ3v) is 3.91. The van der Waals surface area contributed by atoms with E-state index in [4.69, 9.17) is 10.2 Å².